The molecule has 1 aliphatic rings. The Hall–Kier alpha value is -2.93. The minimum absolute atomic E-state index is 0.0218. The lowest BCUT2D eigenvalue weighted by Crippen LogP contribution is -2.33. The normalized spacial score (nSPS) is 19.5. The standard InChI is InChI=1S/C21H25N5O2/c1-12-15(13(2)23-20-19(12)21(28)24-25(20)3)9-18(27)26-10-16(17(22)11-26)14-7-5-4-6-8-14/h4-8,16-17H,9-11,22H2,1-3H3,(H,24,28)/t16-,17+/m0/s1. The molecule has 1 amide bonds. The molecule has 0 saturated carbocycles. The van der Waals surface area contributed by atoms with Crippen molar-refractivity contribution in [1.29, 1.82) is 0 Å². The van der Waals surface area contributed by atoms with E-state index in [9.17, 15) is 9.59 Å². The Morgan fingerprint density at radius 3 is 2.68 bits per heavy atom. The molecule has 1 fully saturated rings. The predicted molar refractivity (Wildman–Crippen MR) is 108 cm³/mol. The number of nitrogens with one attached hydrogen (secondary N) is 1. The summed E-state index contributed by atoms with van der Waals surface area (Å²) in [6, 6.07) is 10.0. The minimum Gasteiger partial charge on any atom is -0.340 e. The van der Waals surface area contributed by atoms with Crippen molar-refractivity contribution < 1.29 is 4.79 Å². The molecule has 7 nitrogen and oxygen atoms in total. The number of fused-ring (bicyclic) bond motifs is 1. The Bertz CT molecular complexity index is 1100. The molecule has 0 spiro atoms. The number of likely N-dealkylation sites (tertiary alicyclic amines) is 1. The van der Waals surface area contributed by atoms with Crippen LogP contribution in [-0.4, -0.2) is 44.7 Å². The van der Waals surface area contributed by atoms with Crippen molar-refractivity contribution in [2.45, 2.75) is 32.2 Å². The van der Waals surface area contributed by atoms with Crippen LogP contribution in [0.1, 0.15) is 28.3 Å². The van der Waals surface area contributed by atoms with Gasteiger partial charge in [-0.05, 0) is 30.5 Å². The fraction of sp³-hybridized carbons (Fsp3) is 0.381. The molecule has 1 aliphatic heterocycles. The molecular weight excluding hydrogens is 354 g/mol. The van der Waals surface area contributed by atoms with E-state index in [1.165, 1.54) is 0 Å². The smallest absolute Gasteiger partial charge is 0.273 e. The fourth-order valence-corrected chi connectivity index (χ4v) is 4.26. The second kappa shape index (κ2) is 6.91. The molecule has 0 bridgehead atoms. The molecule has 2 aromatic heterocycles. The van der Waals surface area contributed by atoms with Gasteiger partial charge in [0.15, 0.2) is 5.65 Å². The molecule has 1 aromatic carbocycles. The van der Waals surface area contributed by atoms with Gasteiger partial charge in [0.25, 0.3) is 5.56 Å². The van der Waals surface area contributed by atoms with E-state index in [0.717, 1.165) is 22.4 Å². The van der Waals surface area contributed by atoms with Gasteiger partial charge in [-0.1, -0.05) is 30.3 Å². The van der Waals surface area contributed by atoms with Crippen LogP contribution in [0.2, 0.25) is 0 Å². The average molecular weight is 379 g/mol. The molecule has 0 unspecified atom stereocenters. The largest absolute Gasteiger partial charge is 0.340 e. The van der Waals surface area contributed by atoms with Gasteiger partial charge in [0.05, 0.1) is 11.8 Å². The van der Waals surface area contributed by atoms with Crippen LogP contribution in [0.3, 0.4) is 0 Å². The van der Waals surface area contributed by atoms with Crippen molar-refractivity contribution in [2.75, 3.05) is 13.1 Å². The number of rotatable bonds is 3. The van der Waals surface area contributed by atoms with Crippen LogP contribution in [0.5, 0.6) is 0 Å². The SMILES string of the molecule is Cc1nc2c(c(C)c1CC(=O)N1C[C@@H](N)[C@H](c3ccccc3)C1)c(=O)[nH]n2C. The number of aromatic nitrogens is 3. The van der Waals surface area contributed by atoms with Crippen molar-refractivity contribution in [3.63, 3.8) is 0 Å². The van der Waals surface area contributed by atoms with Gasteiger partial charge in [-0.25, -0.2) is 4.98 Å². The maximum Gasteiger partial charge on any atom is 0.273 e. The first-order valence-electron chi connectivity index (χ1n) is 9.50. The summed E-state index contributed by atoms with van der Waals surface area (Å²) in [5.41, 5.74) is 10.4. The molecule has 7 heteroatoms. The summed E-state index contributed by atoms with van der Waals surface area (Å²) in [4.78, 5) is 31.6. The molecule has 3 N–H and O–H groups in total. The van der Waals surface area contributed by atoms with Gasteiger partial charge >= 0.3 is 0 Å². The number of amides is 1. The van der Waals surface area contributed by atoms with Crippen LogP contribution in [0.15, 0.2) is 35.1 Å². The van der Waals surface area contributed by atoms with E-state index in [2.05, 4.69) is 22.2 Å². The third-order valence-electron chi connectivity index (χ3n) is 5.85. The van der Waals surface area contributed by atoms with Gasteiger partial charge in [0.2, 0.25) is 5.91 Å². The van der Waals surface area contributed by atoms with Crippen molar-refractivity contribution in [3.05, 3.63) is 63.1 Å². The Kier molecular flexibility index (Phi) is 4.55. The highest BCUT2D eigenvalue weighted by molar-refractivity contribution is 5.85. The lowest BCUT2D eigenvalue weighted by Gasteiger charge is -2.18. The third kappa shape index (κ3) is 3.01. The number of aromatic amines is 1. The van der Waals surface area contributed by atoms with E-state index in [1.54, 1.807) is 11.7 Å². The number of nitrogens with two attached hydrogens (primary N) is 1. The van der Waals surface area contributed by atoms with Crippen LogP contribution in [0.25, 0.3) is 11.0 Å². The summed E-state index contributed by atoms with van der Waals surface area (Å²) >= 11 is 0. The van der Waals surface area contributed by atoms with Crippen LogP contribution >= 0.6 is 0 Å². The Labute approximate surface area is 163 Å². The summed E-state index contributed by atoms with van der Waals surface area (Å²) in [6.07, 6.45) is 0.225. The first-order valence-corrected chi connectivity index (χ1v) is 9.50. The number of benzene rings is 1. The van der Waals surface area contributed by atoms with Crippen molar-refractivity contribution >= 4 is 16.9 Å². The quantitative estimate of drug-likeness (QED) is 0.718. The van der Waals surface area contributed by atoms with Crippen molar-refractivity contribution in [1.82, 2.24) is 19.7 Å². The Morgan fingerprint density at radius 2 is 1.96 bits per heavy atom. The highest BCUT2D eigenvalue weighted by Gasteiger charge is 2.34. The van der Waals surface area contributed by atoms with Gasteiger partial charge < -0.3 is 10.6 Å². The molecular formula is C21H25N5O2. The lowest BCUT2D eigenvalue weighted by molar-refractivity contribution is -0.129. The zero-order chi connectivity index (χ0) is 20.0. The number of carbonyl (C=O) groups excluding carboxylic acids is 1. The number of H-pyrrole nitrogens is 1. The van der Waals surface area contributed by atoms with E-state index < -0.39 is 0 Å². The highest BCUT2D eigenvalue weighted by Crippen LogP contribution is 2.28. The Morgan fingerprint density at radius 1 is 1.25 bits per heavy atom. The van der Waals surface area contributed by atoms with Crippen LogP contribution in [-0.2, 0) is 18.3 Å². The van der Waals surface area contributed by atoms with Crippen LogP contribution < -0.4 is 11.3 Å². The molecule has 1 saturated heterocycles. The highest BCUT2D eigenvalue weighted by atomic mass is 16.2. The van der Waals surface area contributed by atoms with E-state index in [1.807, 2.05) is 36.9 Å². The van der Waals surface area contributed by atoms with E-state index >= 15 is 0 Å². The molecule has 28 heavy (non-hydrogen) atoms. The lowest BCUT2D eigenvalue weighted by atomic mass is 9.95. The molecule has 146 valence electrons. The summed E-state index contributed by atoms with van der Waals surface area (Å²) < 4.78 is 1.62. The summed E-state index contributed by atoms with van der Waals surface area (Å²) in [7, 11) is 1.76. The number of pyridine rings is 1. The average Bonchev–Trinajstić information content (AvgIpc) is 3.19. The zero-order valence-electron chi connectivity index (χ0n) is 16.4. The van der Waals surface area contributed by atoms with Crippen LogP contribution in [0.4, 0.5) is 0 Å². The summed E-state index contributed by atoms with van der Waals surface area (Å²) in [6.45, 7) is 4.92. The topological polar surface area (TPSA) is 97.0 Å². The summed E-state index contributed by atoms with van der Waals surface area (Å²) in [5.74, 6) is 0.165. The van der Waals surface area contributed by atoms with Gasteiger partial charge in [-0.15, -0.1) is 0 Å². The molecule has 3 aromatic rings. The van der Waals surface area contributed by atoms with Gasteiger partial charge in [-0.3, -0.25) is 19.4 Å². The summed E-state index contributed by atoms with van der Waals surface area (Å²) in [5, 5.41) is 3.29. The maximum atomic E-state index is 13.0. The second-order valence-corrected chi connectivity index (χ2v) is 7.66. The first kappa shape index (κ1) is 18.4. The number of nitrogens with zero attached hydrogens (tertiary/aromatic N) is 3. The monoisotopic (exact) mass is 379 g/mol. The number of carbonyl (C=O) groups is 1. The number of hydrogen-bond donors (Lipinski definition) is 2. The van der Waals surface area contributed by atoms with Gasteiger partial charge in [0.1, 0.15) is 0 Å². The van der Waals surface area contributed by atoms with E-state index in [0.29, 0.717) is 24.1 Å². The first-order chi connectivity index (χ1) is 13.4. The van der Waals surface area contributed by atoms with Crippen LogP contribution in [0, 0.1) is 13.8 Å². The fourth-order valence-electron chi connectivity index (χ4n) is 4.26. The maximum absolute atomic E-state index is 13.0. The van der Waals surface area contributed by atoms with E-state index in [-0.39, 0.29) is 29.8 Å². The molecule has 0 aliphatic carbocycles. The van der Waals surface area contributed by atoms with Gasteiger partial charge in [-0.2, -0.15) is 0 Å². The molecule has 2 atom stereocenters. The Balaban J connectivity index is 1.59. The number of hydrogen-bond acceptors (Lipinski definition) is 4. The minimum atomic E-state index is -0.177. The molecule has 4 rings (SSSR count). The van der Waals surface area contributed by atoms with Gasteiger partial charge in [0, 0.05) is 37.8 Å². The second-order valence-electron chi connectivity index (χ2n) is 7.66. The van der Waals surface area contributed by atoms with Crippen molar-refractivity contribution in [3.8, 4) is 0 Å². The van der Waals surface area contributed by atoms with E-state index in [4.69, 9.17) is 5.73 Å². The third-order valence-corrected chi connectivity index (χ3v) is 5.85. The number of aryl methyl sites for hydroxylation is 3. The zero-order valence-corrected chi connectivity index (χ0v) is 16.4. The van der Waals surface area contributed by atoms with Crippen molar-refractivity contribution in [2.24, 2.45) is 12.8 Å². The predicted octanol–water partition coefficient (Wildman–Crippen LogP) is 1.37. The molecule has 3 heterocycles. The molecule has 0 radical (unpaired) electrons.